The predicted octanol–water partition coefficient (Wildman–Crippen LogP) is 6.95. The minimum Gasteiger partial charge on any atom is -0.486 e. The molecule has 0 aliphatic carbocycles. The first-order valence-electron chi connectivity index (χ1n) is 12.7. The molecule has 1 saturated heterocycles. The molecule has 6 heteroatoms. The maximum absolute atomic E-state index is 13.5. The number of amides is 1. The number of nitrogens with zero attached hydrogens (tertiary/aromatic N) is 1. The van der Waals surface area contributed by atoms with E-state index < -0.39 is 0 Å². The molecule has 4 nitrogen and oxygen atoms in total. The number of halogens is 2. The summed E-state index contributed by atoms with van der Waals surface area (Å²) in [5, 5.41) is 3.00. The Balaban J connectivity index is 1.34. The Morgan fingerprint density at radius 3 is 2.25 bits per heavy atom. The second-order valence-electron chi connectivity index (χ2n) is 9.79. The third-order valence-corrected chi connectivity index (χ3v) is 6.78. The van der Waals surface area contributed by atoms with Crippen molar-refractivity contribution in [2.45, 2.75) is 45.1 Å². The fraction of sp³-hybridized carbons (Fsp3) is 0.367. The number of piperidine rings is 1. The Morgan fingerprint density at radius 1 is 0.972 bits per heavy atom. The summed E-state index contributed by atoms with van der Waals surface area (Å²) < 4.78 is 33.0. The predicted molar refractivity (Wildman–Crippen MR) is 139 cm³/mol. The van der Waals surface area contributed by atoms with Gasteiger partial charge in [0.05, 0.1) is 0 Å². The Labute approximate surface area is 212 Å². The van der Waals surface area contributed by atoms with Crippen LogP contribution in [0, 0.1) is 17.6 Å². The normalized spacial score (nSPS) is 15.6. The van der Waals surface area contributed by atoms with Gasteiger partial charge >= 0.3 is 0 Å². The highest BCUT2D eigenvalue weighted by Gasteiger charge is 2.23. The molecule has 1 aliphatic rings. The monoisotopic (exact) mass is 492 g/mol. The SMILES string of the molecule is CC(C)C(=O)Nc1cccc(C2CCN(CCC(Oc3ccc(F)cc3)c3ccc(F)cc3)CC2)c1. The third-order valence-electron chi connectivity index (χ3n) is 6.78. The molecule has 1 atom stereocenters. The van der Waals surface area contributed by atoms with E-state index in [1.54, 1.807) is 24.3 Å². The average Bonchev–Trinajstić information content (AvgIpc) is 2.88. The van der Waals surface area contributed by atoms with Crippen molar-refractivity contribution < 1.29 is 18.3 Å². The van der Waals surface area contributed by atoms with Gasteiger partial charge in [0.1, 0.15) is 23.5 Å². The molecule has 1 amide bonds. The van der Waals surface area contributed by atoms with Crippen LogP contribution in [0.3, 0.4) is 0 Å². The standard InChI is InChI=1S/C30H34F2N2O2/c1-21(2)30(35)33-27-5-3-4-24(20-27)22-14-17-34(18-15-22)19-16-29(23-6-8-25(31)9-7-23)36-28-12-10-26(32)11-13-28/h3-13,20-22,29H,14-19H2,1-2H3,(H,33,35). The fourth-order valence-electron chi connectivity index (χ4n) is 4.60. The van der Waals surface area contributed by atoms with E-state index in [0.717, 1.165) is 50.1 Å². The molecule has 1 aliphatic heterocycles. The second kappa shape index (κ2) is 12.1. The first-order valence-corrected chi connectivity index (χ1v) is 12.7. The van der Waals surface area contributed by atoms with Gasteiger partial charge in [-0.25, -0.2) is 8.78 Å². The fourth-order valence-corrected chi connectivity index (χ4v) is 4.60. The van der Waals surface area contributed by atoms with E-state index in [0.29, 0.717) is 11.7 Å². The van der Waals surface area contributed by atoms with Gasteiger partial charge in [-0.1, -0.05) is 38.1 Å². The topological polar surface area (TPSA) is 41.6 Å². The Bertz CT molecular complexity index is 1120. The summed E-state index contributed by atoms with van der Waals surface area (Å²) in [5.74, 6) is 0.433. The van der Waals surface area contributed by atoms with Crippen molar-refractivity contribution >= 4 is 11.6 Å². The van der Waals surface area contributed by atoms with Crippen molar-refractivity contribution in [2.24, 2.45) is 5.92 Å². The largest absolute Gasteiger partial charge is 0.486 e. The van der Waals surface area contributed by atoms with Gasteiger partial charge in [0, 0.05) is 24.6 Å². The summed E-state index contributed by atoms with van der Waals surface area (Å²) in [6, 6.07) is 20.6. The number of carbonyl (C=O) groups is 1. The van der Waals surface area contributed by atoms with Crippen molar-refractivity contribution in [3.63, 3.8) is 0 Å². The molecule has 0 bridgehead atoms. The number of rotatable bonds is 9. The number of anilines is 1. The number of hydrogen-bond donors (Lipinski definition) is 1. The molecule has 190 valence electrons. The maximum atomic E-state index is 13.5. The van der Waals surface area contributed by atoms with E-state index in [1.165, 1.54) is 29.8 Å². The lowest BCUT2D eigenvalue weighted by molar-refractivity contribution is -0.118. The van der Waals surface area contributed by atoms with Crippen molar-refractivity contribution in [1.29, 1.82) is 0 Å². The summed E-state index contributed by atoms with van der Waals surface area (Å²) in [5.41, 5.74) is 3.02. The van der Waals surface area contributed by atoms with Gasteiger partial charge in [0.2, 0.25) is 5.91 Å². The van der Waals surface area contributed by atoms with Crippen LogP contribution in [0.25, 0.3) is 0 Å². The number of likely N-dealkylation sites (tertiary alicyclic amines) is 1. The van der Waals surface area contributed by atoms with Crippen LogP contribution in [0.4, 0.5) is 14.5 Å². The van der Waals surface area contributed by atoms with Gasteiger partial charge in [0.25, 0.3) is 0 Å². The van der Waals surface area contributed by atoms with Crippen molar-refractivity contribution in [1.82, 2.24) is 4.90 Å². The molecular weight excluding hydrogens is 458 g/mol. The number of benzene rings is 3. The minimum atomic E-state index is -0.309. The van der Waals surface area contributed by atoms with Gasteiger partial charge < -0.3 is 15.0 Å². The molecule has 1 heterocycles. The van der Waals surface area contributed by atoms with E-state index in [4.69, 9.17) is 4.74 Å². The Morgan fingerprint density at radius 2 is 1.61 bits per heavy atom. The zero-order valence-electron chi connectivity index (χ0n) is 20.9. The number of carbonyl (C=O) groups excluding carboxylic acids is 1. The molecule has 36 heavy (non-hydrogen) atoms. The summed E-state index contributed by atoms with van der Waals surface area (Å²) in [4.78, 5) is 14.5. The highest BCUT2D eigenvalue weighted by molar-refractivity contribution is 5.92. The van der Waals surface area contributed by atoms with Gasteiger partial charge in [-0.2, -0.15) is 0 Å². The Hall–Kier alpha value is -3.25. The van der Waals surface area contributed by atoms with Crippen LogP contribution in [0.5, 0.6) is 5.75 Å². The quantitative estimate of drug-likeness (QED) is 0.351. The zero-order chi connectivity index (χ0) is 25.5. The molecular formula is C30H34F2N2O2. The van der Waals surface area contributed by atoms with Crippen LogP contribution < -0.4 is 10.1 Å². The van der Waals surface area contributed by atoms with Crippen LogP contribution in [0.1, 0.15) is 56.3 Å². The lowest BCUT2D eigenvalue weighted by Crippen LogP contribution is -2.34. The van der Waals surface area contributed by atoms with Gasteiger partial charge in [-0.3, -0.25) is 4.79 Å². The highest BCUT2D eigenvalue weighted by atomic mass is 19.1. The van der Waals surface area contributed by atoms with Crippen molar-refractivity contribution in [2.75, 3.05) is 25.0 Å². The second-order valence-corrected chi connectivity index (χ2v) is 9.79. The smallest absolute Gasteiger partial charge is 0.226 e. The van der Waals surface area contributed by atoms with E-state index in [9.17, 15) is 13.6 Å². The van der Waals surface area contributed by atoms with Crippen LogP contribution in [0.2, 0.25) is 0 Å². The van der Waals surface area contributed by atoms with E-state index in [2.05, 4.69) is 22.3 Å². The van der Waals surface area contributed by atoms with Gasteiger partial charge in [-0.05, 0) is 91.5 Å². The average molecular weight is 493 g/mol. The van der Waals surface area contributed by atoms with Crippen LogP contribution in [0.15, 0.2) is 72.8 Å². The number of hydrogen-bond acceptors (Lipinski definition) is 3. The highest BCUT2D eigenvalue weighted by Crippen LogP contribution is 2.31. The summed E-state index contributed by atoms with van der Waals surface area (Å²) in [6.45, 7) is 6.57. The van der Waals surface area contributed by atoms with Crippen LogP contribution in [-0.2, 0) is 4.79 Å². The molecule has 1 N–H and O–H groups in total. The third kappa shape index (κ3) is 7.14. The minimum absolute atomic E-state index is 0.0283. The zero-order valence-corrected chi connectivity index (χ0v) is 20.9. The van der Waals surface area contributed by atoms with Crippen molar-refractivity contribution in [3.8, 4) is 5.75 Å². The van der Waals surface area contributed by atoms with Gasteiger partial charge in [0.15, 0.2) is 0 Å². The van der Waals surface area contributed by atoms with E-state index >= 15 is 0 Å². The van der Waals surface area contributed by atoms with Gasteiger partial charge in [-0.15, -0.1) is 0 Å². The van der Waals surface area contributed by atoms with E-state index in [-0.39, 0.29) is 29.6 Å². The first-order chi connectivity index (χ1) is 17.4. The lowest BCUT2D eigenvalue weighted by Gasteiger charge is -2.33. The summed E-state index contributed by atoms with van der Waals surface area (Å²) in [6.07, 6.45) is 2.57. The molecule has 1 unspecified atom stereocenters. The van der Waals surface area contributed by atoms with Crippen molar-refractivity contribution in [3.05, 3.63) is 95.6 Å². The Kier molecular flexibility index (Phi) is 8.70. The molecule has 1 fully saturated rings. The maximum Gasteiger partial charge on any atom is 0.226 e. The molecule has 4 rings (SSSR count). The summed E-state index contributed by atoms with van der Waals surface area (Å²) >= 11 is 0. The number of ether oxygens (including phenoxy) is 1. The van der Waals surface area contributed by atoms with Crippen LogP contribution in [-0.4, -0.2) is 30.4 Å². The molecule has 0 saturated carbocycles. The number of nitrogens with one attached hydrogen (secondary N) is 1. The first kappa shape index (κ1) is 25.8. The molecule has 0 spiro atoms. The molecule has 3 aromatic rings. The summed E-state index contributed by atoms with van der Waals surface area (Å²) in [7, 11) is 0. The molecule has 0 aromatic heterocycles. The lowest BCUT2D eigenvalue weighted by atomic mass is 9.89. The molecule has 3 aromatic carbocycles. The molecule has 0 radical (unpaired) electrons. The van der Waals surface area contributed by atoms with E-state index in [1.807, 2.05) is 26.0 Å². The van der Waals surface area contributed by atoms with Crippen LogP contribution >= 0.6 is 0 Å².